The molecule has 2 heterocycles. The fourth-order valence-corrected chi connectivity index (χ4v) is 1.98. The van der Waals surface area contributed by atoms with Gasteiger partial charge in [-0.15, -0.1) is 0 Å². The molecule has 0 aliphatic heterocycles. The summed E-state index contributed by atoms with van der Waals surface area (Å²) in [6.07, 6.45) is 6.54. The highest BCUT2D eigenvalue weighted by Gasteiger charge is 2.14. The van der Waals surface area contributed by atoms with Crippen LogP contribution in [0.4, 0.5) is 0 Å². The Morgan fingerprint density at radius 3 is 2.84 bits per heavy atom. The third-order valence-electron chi connectivity index (χ3n) is 3.10. The molecule has 2 rings (SSSR count). The van der Waals surface area contributed by atoms with Crippen molar-refractivity contribution in [2.24, 2.45) is 0 Å². The normalized spacial score (nSPS) is 12.1. The number of unbranched alkanes of at least 4 members (excludes halogenated alkanes) is 1. The molecule has 0 radical (unpaired) electrons. The van der Waals surface area contributed by atoms with Gasteiger partial charge < -0.3 is 0 Å². The van der Waals surface area contributed by atoms with Gasteiger partial charge in [-0.25, -0.2) is 9.97 Å². The SMILES string of the molecule is CCCCC(C)c1ncnn1-c1ccc(C#N)cn1. The topological polar surface area (TPSA) is 67.4 Å². The zero-order valence-electron chi connectivity index (χ0n) is 11.2. The van der Waals surface area contributed by atoms with E-state index in [1.807, 2.05) is 0 Å². The van der Waals surface area contributed by atoms with Crippen LogP contribution in [0.15, 0.2) is 24.7 Å². The van der Waals surface area contributed by atoms with E-state index in [4.69, 9.17) is 5.26 Å². The van der Waals surface area contributed by atoms with Crippen LogP contribution in [-0.4, -0.2) is 19.7 Å². The summed E-state index contributed by atoms with van der Waals surface area (Å²) in [4.78, 5) is 8.59. The first-order valence-electron chi connectivity index (χ1n) is 6.52. The number of aromatic nitrogens is 4. The van der Waals surface area contributed by atoms with Crippen molar-refractivity contribution in [1.29, 1.82) is 5.26 Å². The molecule has 1 unspecified atom stereocenters. The number of nitriles is 1. The minimum absolute atomic E-state index is 0.347. The molecule has 5 heteroatoms. The number of nitrogens with zero attached hydrogens (tertiary/aromatic N) is 5. The quantitative estimate of drug-likeness (QED) is 0.823. The molecule has 0 aromatic carbocycles. The van der Waals surface area contributed by atoms with Crippen LogP contribution in [0.25, 0.3) is 5.82 Å². The van der Waals surface area contributed by atoms with Crippen LogP contribution in [0.1, 0.15) is 50.4 Å². The van der Waals surface area contributed by atoms with Gasteiger partial charge >= 0.3 is 0 Å². The van der Waals surface area contributed by atoms with Crippen LogP contribution in [-0.2, 0) is 0 Å². The van der Waals surface area contributed by atoms with Crippen molar-refractivity contribution in [3.05, 3.63) is 36.0 Å². The average Bonchev–Trinajstić information content (AvgIpc) is 2.94. The molecule has 0 saturated heterocycles. The molecule has 0 amide bonds. The lowest BCUT2D eigenvalue weighted by atomic mass is 10.0. The van der Waals surface area contributed by atoms with Crippen molar-refractivity contribution in [1.82, 2.24) is 19.7 Å². The minimum atomic E-state index is 0.347. The van der Waals surface area contributed by atoms with Gasteiger partial charge in [0.25, 0.3) is 0 Å². The molecule has 0 fully saturated rings. The molecular formula is C14H17N5. The standard InChI is InChI=1S/C14H17N5/c1-3-4-5-11(2)14-17-10-18-19(14)13-7-6-12(8-15)9-16-13/h6-7,9-11H,3-5H2,1-2H3. The molecule has 0 aliphatic rings. The van der Waals surface area contributed by atoms with E-state index >= 15 is 0 Å². The molecule has 0 aliphatic carbocycles. The van der Waals surface area contributed by atoms with Gasteiger partial charge in [-0.05, 0) is 18.6 Å². The third-order valence-corrected chi connectivity index (χ3v) is 3.10. The molecule has 1 atom stereocenters. The van der Waals surface area contributed by atoms with Gasteiger partial charge in [0.15, 0.2) is 5.82 Å². The molecule has 2 aromatic rings. The molecule has 98 valence electrons. The van der Waals surface area contributed by atoms with Crippen LogP contribution < -0.4 is 0 Å². The Hall–Kier alpha value is -2.22. The fraction of sp³-hybridized carbons (Fsp3) is 0.429. The van der Waals surface area contributed by atoms with E-state index in [0.717, 1.165) is 12.2 Å². The van der Waals surface area contributed by atoms with Crippen molar-refractivity contribution in [3.8, 4) is 11.9 Å². The zero-order chi connectivity index (χ0) is 13.7. The van der Waals surface area contributed by atoms with Gasteiger partial charge in [0.1, 0.15) is 18.2 Å². The molecule has 0 bridgehead atoms. The predicted octanol–water partition coefficient (Wildman–Crippen LogP) is 2.83. The van der Waals surface area contributed by atoms with Crippen LogP contribution in [0.5, 0.6) is 0 Å². The lowest BCUT2D eigenvalue weighted by Gasteiger charge is -2.11. The van der Waals surface area contributed by atoms with Gasteiger partial charge in [0.05, 0.1) is 5.56 Å². The lowest BCUT2D eigenvalue weighted by Crippen LogP contribution is -2.08. The van der Waals surface area contributed by atoms with E-state index in [2.05, 4.69) is 35.0 Å². The zero-order valence-corrected chi connectivity index (χ0v) is 11.2. The first kappa shape index (κ1) is 13.2. The summed E-state index contributed by atoms with van der Waals surface area (Å²) in [6.45, 7) is 4.33. The van der Waals surface area contributed by atoms with Gasteiger partial charge in [-0.1, -0.05) is 26.7 Å². The van der Waals surface area contributed by atoms with Gasteiger partial charge in [0, 0.05) is 12.1 Å². The third kappa shape index (κ3) is 2.97. The number of hydrogen-bond acceptors (Lipinski definition) is 4. The molecule has 0 spiro atoms. The monoisotopic (exact) mass is 255 g/mol. The molecule has 19 heavy (non-hydrogen) atoms. The second-order valence-corrected chi connectivity index (χ2v) is 4.59. The second kappa shape index (κ2) is 6.10. The largest absolute Gasteiger partial charge is 0.236 e. The second-order valence-electron chi connectivity index (χ2n) is 4.59. The van der Waals surface area contributed by atoms with E-state index in [1.54, 1.807) is 29.3 Å². The van der Waals surface area contributed by atoms with Gasteiger partial charge in [0.2, 0.25) is 0 Å². The Balaban J connectivity index is 2.25. The number of rotatable bonds is 5. The summed E-state index contributed by atoms with van der Waals surface area (Å²) in [6, 6.07) is 5.59. The fourth-order valence-electron chi connectivity index (χ4n) is 1.98. The van der Waals surface area contributed by atoms with Crippen molar-refractivity contribution >= 4 is 0 Å². The molecule has 2 aromatic heterocycles. The van der Waals surface area contributed by atoms with Crippen LogP contribution >= 0.6 is 0 Å². The Labute approximate surface area is 112 Å². The van der Waals surface area contributed by atoms with Crippen LogP contribution in [0.2, 0.25) is 0 Å². The highest BCUT2D eigenvalue weighted by molar-refractivity contribution is 5.32. The van der Waals surface area contributed by atoms with Gasteiger partial charge in [-0.3, -0.25) is 0 Å². The molecule has 0 saturated carbocycles. The van der Waals surface area contributed by atoms with E-state index in [1.165, 1.54) is 12.8 Å². The number of pyridine rings is 1. The Kier molecular flexibility index (Phi) is 4.24. The summed E-state index contributed by atoms with van der Waals surface area (Å²) in [5.41, 5.74) is 0.546. The molecule has 5 nitrogen and oxygen atoms in total. The average molecular weight is 255 g/mol. The summed E-state index contributed by atoms with van der Waals surface area (Å²) < 4.78 is 1.75. The van der Waals surface area contributed by atoms with E-state index in [-0.39, 0.29) is 0 Å². The van der Waals surface area contributed by atoms with Crippen molar-refractivity contribution in [3.63, 3.8) is 0 Å². The maximum Gasteiger partial charge on any atom is 0.155 e. The maximum absolute atomic E-state index is 8.77. The smallest absolute Gasteiger partial charge is 0.155 e. The van der Waals surface area contributed by atoms with Crippen LogP contribution in [0.3, 0.4) is 0 Å². The molecular weight excluding hydrogens is 238 g/mol. The Bertz CT molecular complexity index is 564. The maximum atomic E-state index is 8.77. The van der Waals surface area contributed by atoms with Crippen molar-refractivity contribution in [2.45, 2.75) is 39.0 Å². The van der Waals surface area contributed by atoms with E-state index in [9.17, 15) is 0 Å². The Morgan fingerprint density at radius 2 is 2.21 bits per heavy atom. The lowest BCUT2D eigenvalue weighted by molar-refractivity contribution is 0.577. The van der Waals surface area contributed by atoms with E-state index in [0.29, 0.717) is 17.3 Å². The van der Waals surface area contributed by atoms with Crippen molar-refractivity contribution < 1.29 is 0 Å². The summed E-state index contributed by atoms with van der Waals surface area (Å²) >= 11 is 0. The first-order valence-corrected chi connectivity index (χ1v) is 6.52. The van der Waals surface area contributed by atoms with Crippen molar-refractivity contribution in [2.75, 3.05) is 0 Å². The summed E-state index contributed by atoms with van der Waals surface area (Å²) in [5, 5.41) is 13.0. The highest BCUT2D eigenvalue weighted by Crippen LogP contribution is 2.20. The summed E-state index contributed by atoms with van der Waals surface area (Å²) in [5.74, 6) is 1.97. The first-order chi connectivity index (χ1) is 9.26. The summed E-state index contributed by atoms with van der Waals surface area (Å²) in [7, 11) is 0. The molecule has 0 N–H and O–H groups in total. The van der Waals surface area contributed by atoms with Gasteiger partial charge in [-0.2, -0.15) is 15.0 Å². The van der Waals surface area contributed by atoms with Crippen LogP contribution in [0, 0.1) is 11.3 Å². The predicted molar refractivity (Wildman–Crippen MR) is 71.8 cm³/mol. The Morgan fingerprint density at radius 1 is 1.37 bits per heavy atom. The van der Waals surface area contributed by atoms with E-state index < -0.39 is 0 Å². The number of hydrogen-bond donors (Lipinski definition) is 0. The minimum Gasteiger partial charge on any atom is -0.236 e. The highest BCUT2D eigenvalue weighted by atomic mass is 15.4.